The van der Waals surface area contributed by atoms with Crippen LogP contribution in [0.1, 0.15) is 36.0 Å². The number of nitrogens with zero attached hydrogens (tertiary/aromatic N) is 2. The summed E-state index contributed by atoms with van der Waals surface area (Å²) in [7, 11) is 0. The molecule has 3 aromatic rings. The summed E-state index contributed by atoms with van der Waals surface area (Å²) < 4.78 is 13.5. The number of hydrogen-bond donors (Lipinski definition) is 1. The molecule has 1 aliphatic heterocycles. The monoisotopic (exact) mass is 510 g/mol. The molecule has 0 aliphatic carbocycles. The average Bonchev–Trinajstić information content (AvgIpc) is 2.85. The number of hydrogen-bond acceptors (Lipinski definition) is 5. The maximum atomic E-state index is 11.9. The van der Waals surface area contributed by atoms with Gasteiger partial charge < -0.3 is 19.1 Å². The molecule has 1 N–H and O–H groups in total. The van der Waals surface area contributed by atoms with Crippen molar-refractivity contribution in [1.29, 1.82) is 0 Å². The van der Waals surface area contributed by atoms with Crippen LogP contribution in [0.4, 0.5) is 0 Å². The quantitative estimate of drug-likeness (QED) is 0.389. The first kappa shape index (κ1) is 26.3. The number of benzene rings is 2. The number of pyridine rings is 1. The van der Waals surface area contributed by atoms with E-state index < -0.39 is 5.60 Å². The number of piperidine rings is 1. The van der Waals surface area contributed by atoms with Crippen molar-refractivity contribution in [1.82, 2.24) is 9.47 Å². The molecule has 6 nitrogen and oxygen atoms in total. The van der Waals surface area contributed by atoms with Gasteiger partial charge in [0.1, 0.15) is 23.7 Å². The number of ether oxygens (including phenoxy) is 2. The lowest BCUT2D eigenvalue weighted by Gasteiger charge is -2.39. The summed E-state index contributed by atoms with van der Waals surface area (Å²) in [5.74, 6) is 1.43. The summed E-state index contributed by atoms with van der Waals surface area (Å²) in [4.78, 5) is 14.2. The summed E-state index contributed by atoms with van der Waals surface area (Å²) in [6.45, 7) is 7.60. The van der Waals surface area contributed by atoms with E-state index in [0.717, 1.165) is 42.8 Å². The van der Waals surface area contributed by atoms with Gasteiger partial charge in [0, 0.05) is 31.9 Å². The van der Waals surface area contributed by atoms with E-state index in [2.05, 4.69) is 17.0 Å². The van der Waals surface area contributed by atoms with Crippen LogP contribution in [0.3, 0.4) is 0 Å². The van der Waals surface area contributed by atoms with Crippen LogP contribution in [0, 0.1) is 13.8 Å². The van der Waals surface area contributed by atoms with Crippen LogP contribution in [-0.4, -0.2) is 46.5 Å². The summed E-state index contributed by atoms with van der Waals surface area (Å²) in [6, 6.07) is 17.2. The Morgan fingerprint density at radius 1 is 1.03 bits per heavy atom. The summed E-state index contributed by atoms with van der Waals surface area (Å²) in [5.41, 5.74) is 2.41. The standard InChI is InChI=1S/C29H35ClN2O4/c1-22-5-11-26(30)27(17-22)36-21-29(34)13-3-14-31(20-29)19-24-7-9-25(10-8-24)35-16-4-15-32-18-23(2)6-12-28(32)33/h5-12,17-18,34H,3-4,13-16,19-21H2,1-2H3. The lowest BCUT2D eigenvalue weighted by Crippen LogP contribution is -2.51. The van der Waals surface area contributed by atoms with Crippen molar-refractivity contribution in [2.45, 2.75) is 51.8 Å². The van der Waals surface area contributed by atoms with E-state index in [1.165, 1.54) is 5.56 Å². The number of likely N-dealkylation sites (tertiary alicyclic amines) is 1. The minimum absolute atomic E-state index is 0.0140. The normalized spacial score (nSPS) is 18.2. The second kappa shape index (κ2) is 12.0. The molecular formula is C29H35ClN2O4. The van der Waals surface area contributed by atoms with Gasteiger partial charge in [0.25, 0.3) is 5.56 Å². The maximum Gasteiger partial charge on any atom is 0.250 e. The molecule has 1 unspecified atom stereocenters. The first-order chi connectivity index (χ1) is 17.3. The van der Waals surface area contributed by atoms with Crippen molar-refractivity contribution in [2.24, 2.45) is 0 Å². The van der Waals surface area contributed by atoms with E-state index in [9.17, 15) is 9.90 Å². The Bertz CT molecular complexity index is 1210. The van der Waals surface area contributed by atoms with Crippen molar-refractivity contribution >= 4 is 11.6 Å². The Labute approximate surface area is 218 Å². The van der Waals surface area contributed by atoms with Gasteiger partial charge in [-0.1, -0.05) is 35.9 Å². The highest BCUT2D eigenvalue weighted by Gasteiger charge is 2.34. The molecule has 1 aromatic heterocycles. The lowest BCUT2D eigenvalue weighted by atomic mass is 9.93. The van der Waals surface area contributed by atoms with Gasteiger partial charge >= 0.3 is 0 Å². The van der Waals surface area contributed by atoms with Crippen molar-refractivity contribution < 1.29 is 14.6 Å². The highest BCUT2D eigenvalue weighted by molar-refractivity contribution is 6.32. The van der Waals surface area contributed by atoms with Crippen LogP contribution in [0.5, 0.6) is 11.5 Å². The lowest BCUT2D eigenvalue weighted by molar-refractivity contribution is -0.0620. The molecule has 0 bridgehead atoms. The predicted octanol–water partition coefficient (Wildman–Crippen LogP) is 4.99. The fourth-order valence-corrected chi connectivity index (χ4v) is 4.76. The summed E-state index contributed by atoms with van der Waals surface area (Å²) in [6.07, 6.45) is 4.25. The van der Waals surface area contributed by atoms with Crippen molar-refractivity contribution in [3.8, 4) is 11.5 Å². The molecule has 1 saturated heterocycles. The third kappa shape index (κ3) is 7.36. The molecular weight excluding hydrogens is 476 g/mol. The van der Waals surface area contributed by atoms with E-state index in [4.69, 9.17) is 21.1 Å². The largest absolute Gasteiger partial charge is 0.494 e. The highest BCUT2D eigenvalue weighted by atomic mass is 35.5. The molecule has 1 aliphatic rings. The van der Waals surface area contributed by atoms with E-state index in [0.29, 0.717) is 36.9 Å². The van der Waals surface area contributed by atoms with Gasteiger partial charge in [-0.25, -0.2) is 0 Å². The second-order valence-corrected chi connectivity index (χ2v) is 10.3. The molecule has 2 heterocycles. The van der Waals surface area contributed by atoms with Crippen LogP contribution in [0.25, 0.3) is 0 Å². The zero-order valence-corrected chi connectivity index (χ0v) is 21.8. The summed E-state index contributed by atoms with van der Waals surface area (Å²) in [5, 5.41) is 11.7. The highest BCUT2D eigenvalue weighted by Crippen LogP contribution is 2.29. The fraction of sp³-hybridized carbons (Fsp3) is 0.414. The minimum Gasteiger partial charge on any atom is -0.494 e. The molecule has 36 heavy (non-hydrogen) atoms. The molecule has 0 radical (unpaired) electrons. The third-order valence-corrected chi connectivity index (χ3v) is 6.80. The zero-order chi connectivity index (χ0) is 25.5. The van der Waals surface area contributed by atoms with Gasteiger partial charge in [-0.2, -0.15) is 0 Å². The number of β-amino-alcohol motifs (C(OH)–C–C–N with tert-alkyl or cyclic N) is 1. The number of aryl methyl sites for hydroxylation is 3. The van der Waals surface area contributed by atoms with Crippen LogP contribution >= 0.6 is 11.6 Å². The van der Waals surface area contributed by atoms with Crippen LogP contribution in [0.15, 0.2) is 65.6 Å². The SMILES string of the molecule is Cc1ccc(Cl)c(OCC2(O)CCCN(Cc3ccc(OCCCn4cc(C)ccc4=O)cc3)C2)c1. The molecule has 192 valence electrons. The molecule has 0 amide bonds. The van der Waals surface area contributed by atoms with Gasteiger partial charge in [-0.05, 0) is 80.6 Å². The van der Waals surface area contributed by atoms with Crippen LogP contribution < -0.4 is 15.0 Å². The predicted molar refractivity (Wildman–Crippen MR) is 143 cm³/mol. The van der Waals surface area contributed by atoms with E-state index in [1.807, 2.05) is 56.4 Å². The van der Waals surface area contributed by atoms with Gasteiger partial charge in [0.05, 0.1) is 11.6 Å². The molecule has 1 fully saturated rings. The zero-order valence-electron chi connectivity index (χ0n) is 21.1. The van der Waals surface area contributed by atoms with E-state index >= 15 is 0 Å². The van der Waals surface area contributed by atoms with Crippen molar-refractivity contribution in [3.05, 3.63) is 92.9 Å². The Hall–Kier alpha value is -2.80. The average molecular weight is 511 g/mol. The minimum atomic E-state index is -0.909. The Morgan fingerprint density at radius 3 is 2.61 bits per heavy atom. The Balaban J connectivity index is 1.23. The molecule has 7 heteroatoms. The fourth-order valence-electron chi connectivity index (χ4n) is 4.59. The molecule has 2 aromatic carbocycles. The smallest absolute Gasteiger partial charge is 0.250 e. The van der Waals surface area contributed by atoms with Gasteiger partial charge in [-0.15, -0.1) is 0 Å². The first-order valence-corrected chi connectivity index (χ1v) is 12.9. The van der Waals surface area contributed by atoms with Gasteiger partial charge in [-0.3, -0.25) is 9.69 Å². The van der Waals surface area contributed by atoms with Gasteiger partial charge in [0.2, 0.25) is 0 Å². The van der Waals surface area contributed by atoms with Gasteiger partial charge in [0.15, 0.2) is 0 Å². The van der Waals surface area contributed by atoms with E-state index in [-0.39, 0.29) is 12.2 Å². The number of aromatic nitrogens is 1. The van der Waals surface area contributed by atoms with Crippen molar-refractivity contribution in [3.63, 3.8) is 0 Å². The second-order valence-electron chi connectivity index (χ2n) is 9.85. The topological polar surface area (TPSA) is 63.9 Å². The molecule has 1 atom stereocenters. The van der Waals surface area contributed by atoms with Crippen LogP contribution in [-0.2, 0) is 13.1 Å². The number of halogens is 1. The van der Waals surface area contributed by atoms with E-state index in [1.54, 1.807) is 10.6 Å². The Kier molecular flexibility index (Phi) is 8.72. The number of rotatable bonds is 10. The summed E-state index contributed by atoms with van der Waals surface area (Å²) >= 11 is 6.25. The Morgan fingerprint density at radius 2 is 1.81 bits per heavy atom. The molecule has 0 saturated carbocycles. The van der Waals surface area contributed by atoms with Crippen LogP contribution in [0.2, 0.25) is 5.02 Å². The maximum absolute atomic E-state index is 11.9. The number of aliphatic hydroxyl groups is 1. The third-order valence-electron chi connectivity index (χ3n) is 6.49. The first-order valence-electron chi connectivity index (χ1n) is 12.5. The van der Waals surface area contributed by atoms with Crippen molar-refractivity contribution in [2.75, 3.05) is 26.3 Å². The molecule has 0 spiro atoms. The molecule has 4 rings (SSSR count).